The summed E-state index contributed by atoms with van der Waals surface area (Å²) in [4.78, 5) is 0. The van der Waals surface area contributed by atoms with Crippen LogP contribution < -0.4 is 0 Å². The van der Waals surface area contributed by atoms with Crippen LogP contribution in [0.3, 0.4) is 0 Å². The van der Waals surface area contributed by atoms with Crippen LogP contribution in [-0.2, 0) is 0 Å². The van der Waals surface area contributed by atoms with Crippen LogP contribution in [0.2, 0.25) is 0 Å². The van der Waals surface area contributed by atoms with Crippen molar-refractivity contribution in [2.75, 3.05) is 6.61 Å². The average molecular weight is 215 g/mol. The Hall–Kier alpha value is -0.570. The number of nitrogens with zero attached hydrogens (tertiary/aromatic N) is 1. The quantitative estimate of drug-likeness (QED) is 0.268. The van der Waals surface area contributed by atoms with Crippen molar-refractivity contribution in [1.82, 2.24) is 0 Å². The zero-order valence-corrected chi connectivity index (χ0v) is 10.1. The van der Waals surface area contributed by atoms with Crippen LogP contribution >= 0.6 is 0 Å². The van der Waals surface area contributed by atoms with Crippen molar-refractivity contribution in [3.8, 4) is 0 Å². The lowest BCUT2D eigenvalue weighted by atomic mass is 9.97. The van der Waals surface area contributed by atoms with Crippen molar-refractivity contribution >= 4 is 5.71 Å². The molecule has 0 aromatic heterocycles. The van der Waals surface area contributed by atoms with Gasteiger partial charge >= 0.3 is 0 Å². The summed E-state index contributed by atoms with van der Waals surface area (Å²) >= 11 is 0. The van der Waals surface area contributed by atoms with Crippen LogP contribution in [0.4, 0.5) is 0 Å². The minimum Gasteiger partial charge on any atom is -0.411 e. The zero-order chi connectivity index (χ0) is 11.5. The number of aliphatic hydroxyl groups is 1. The van der Waals surface area contributed by atoms with Gasteiger partial charge in [0.2, 0.25) is 0 Å². The molecule has 15 heavy (non-hydrogen) atoms. The van der Waals surface area contributed by atoms with Gasteiger partial charge in [0.15, 0.2) is 0 Å². The highest BCUT2D eigenvalue weighted by molar-refractivity contribution is 5.85. The summed E-state index contributed by atoms with van der Waals surface area (Å²) in [5, 5.41) is 20.4. The Morgan fingerprint density at radius 1 is 1.20 bits per heavy atom. The first-order valence-corrected chi connectivity index (χ1v) is 6.05. The largest absolute Gasteiger partial charge is 0.411 e. The second-order valence-electron chi connectivity index (χ2n) is 4.34. The number of aliphatic hydroxyl groups excluding tert-OH is 1. The van der Waals surface area contributed by atoms with Gasteiger partial charge in [-0.25, -0.2) is 0 Å². The lowest BCUT2D eigenvalue weighted by Crippen LogP contribution is -2.10. The molecule has 0 saturated carbocycles. The van der Waals surface area contributed by atoms with Gasteiger partial charge in [-0.2, -0.15) is 0 Å². The molecule has 3 nitrogen and oxygen atoms in total. The summed E-state index contributed by atoms with van der Waals surface area (Å²) in [6, 6.07) is 0. The van der Waals surface area contributed by atoms with E-state index in [2.05, 4.69) is 19.0 Å². The van der Waals surface area contributed by atoms with Gasteiger partial charge in [-0.05, 0) is 12.3 Å². The number of hydrogen-bond acceptors (Lipinski definition) is 3. The van der Waals surface area contributed by atoms with E-state index in [1.807, 2.05) is 0 Å². The lowest BCUT2D eigenvalue weighted by Gasteiger charge is -2.10. The van der Waals surface area contributed by atoms with Crippen LogP contribution in [0, 0.1) is 5.92 Å². The average Bonchev–Trinajstić information content (AvgIpc) is 2.25. The second kappa shape index (κ2) is 9.97. The van der Waals surface area contributed by atoms with Gasteiger partial charge < -0.3 is 10.3 Å². The predicted molar refractivity (Wildman–Crippen MR) is 63.5 cm³/mol. The molecule has 0 aliphatic rings. The first-order chi connectivity index (χ1) is 7.24. The molecular weight excluding hydrogens is 190 g/mol. The highest BCUT2D eigenvalue weighted by atomic mass is 16.4. The van der Waals surface area contributed by atoms with Crippen molar-refractivity contribution in [2.24, 2.45) is 11.1 Å². The number of hydrogen-bond donors (Lipinski definition) is 2. The van der Waals surface area contributed by atoms with Gasteiger partial charge in [-0.3, -0.25) is 0 Å². The Morgan fingerprint density at radius 3 is 2.40 bits per heavy atom. The van der Waals surface area contributed by atoms with Crippen LogP contribution in [0.25, 0.3) is 0 Å². The maximum atomic E-state index is 8.83. The molecule has 3 heteroatoms. The van der Waals surface area contributed by atoms with Crippen LogP contribution in [0.15, 0.2) is 5.16 Å². The number of unbranched alkanes of at least 4 members (excludes halogenated alkanes) is 4. The third-order valence-electron chi connectivity index (χ3n) is 2.71. The van der Waals surface area contributed by atoms with E-state index in [0.29, 0.717) is 18.1 Å². The molecule has 0 bridgehead atoms. The van der Waals surface area contributed by atoms with Crippen LogP contribution in [0.5, 0.6) is 0 Å². The SMILES string of the molecule is CCCCCCCC(C)CC(CO)=NO. The fourth-order valence-corrected chi connectivity index (χ4v) is 1.74. The van der Waals surface area contributed by atoms with Crippen LogP contribution in [0.1, 0.15) is 58.8 Å². The van der Waals surface area contributed by atoms with Gasteiger partial charge in [0.25, 0.3) is 0 Å². The number of rotatable bonds is 9. The molecule has 90 valence electrons. The molecule has 0 aliphatic carbocycles. The Morgan fingerprint density at radius 2 is 1.87 bits per heavy atom. The second-order valence-corrected chi connectivity index (χ2v) is 4.34. The van der Waals surface area contributed by atoms with E-state index < -0.39 is 0 Å². The summed E-state index contributed by atoms with van der Waals surface area (Å²) in [7, 11) is 0. The van der Waals surface area contributed by atoms with Crippen molar-refractivity contribution in [3.63, 3.8) is 0 Å². The first-order valence-electron chi connectivity index (χ1n) is 6.05. The summed E-state index contributed by atoms with van der Waals surface area (Å²) in [5.41, 5.74) is 0.496. The molecular formula is C12H25NO2. The standard InChI is InChI=1S/C12H25NO2/c1-3-4-5-6-7-8-11(2)9-12(10-14)13-15/h11,14-15H,3-10H2,1-2H3. The van der Waals surface area contributed by atoms with Gasteiger partial charge in [0.05, 0.1) is 12.3 Å². The fraction of sp³-hybridized carbons (Fsp3) is 0.917. The Kier molecular flexibility index (Phi) is 9.59. The molecule has 1 unspecified atom stereocenters. The molecule has 0 radical (unpaired) electrons. The molecule has 0 aliphatic heterocycles. The van der Waals surface area contributed by atoms with E-state index in [-0.39, 0.29) is 6.61 Å². The fourth-order valence-electron chi connectivity index (χ4n) is 1.74. The summed E-state index contributed by atoms with van der Waals surface area (Å²) < 4.78 is 0. The molecule has 0 heterocycles. The number of oxime groups is 1. The minimum atomic E-state index is -0.128. The zero-order valence-electron chi connectivity index (χ0n) is 10.1. The highest BCUT2D eigenvalue weighted by Gasteiger charge is 2.06. The van der Waals surface area contributed by atoms with E-state index in [4.69, 9.17) is 10.3 Å². The van der Waals surface area contributed by atoms with E-state index in [1.54, 1.807) is 0 Å². The third-order valence-corrected chi connectivity index (χ3v) is 2.71. The molecule has 0 rings (SSSR count). The Bertz CT molecular complexity index is 169. The van der Waals surface area contributed by atoms with Gasteiger partial charge in [-0.1, -0.05) is 57.5 Å². The molecule has 0 aromatic carbocycles. The Labute approximate surface area is 93.2 Å². The third kappa shape index (κ3) is 8.43. The maximum Gasteiger partial charge on any atom is 0.0847 e. The molecule has 0 saturated heterocycles. The summed E-state index contributed by atoms with van der Waals surface area (Å²) in [6.45, 7) is 4.23. The molecule has 2 N–H and O–H groups in total. The highest BCUT2D eigenvalue weighted by Crippen LogP contribution is 2.14. The van der Waals surface area contributed by atoms with E-state index in [0.717, 1.165) is 6.42 Å². The normalized spacial score (nSPS) is 14.2. The Balaban J connectivity index is 3.44. The van der Waals surface area contributed by atoms with Crippen molar-refractivity contribution in [2.45, 2.75) is 58.8 Å². The molecule has 0 amide bonds. The van der Waals surface area contributed by atoms with Crippen molar-refractivity contribution < 1.29 is 10.3 Å². The van der Waals surface area contributed by atoms with E-state index >= 15 is 0 Å². The molecule has 0 spiro atoms. The van der Waals surface area contributed by atoms with Crippen molar-refractivity contribution in [3.05, 3.63) is 0 Å². The van der Waals surface area contributed by atoms with Gasteiger partial charge in [0.1, 0.15) is 0 Å². The van der Waals surface area contributed by atoms with Gasteiger partial charge in [0, 0.05) is 0 Å². The smallest absolute Gasteiger partial charge is 0.0847 e. The topological polar surface area (TPSA) is 52.8 Å². The predicted octanol–water partition coefficient (Wildman–Crippen LogP) is 3.20. The first kappa shape index (κ1) is 14.4. The lowest BCUT2D eigenvalue weighted by molar-refractivity contribution is 0.297. The molecule has 0 aromatic rings. The molecule has 0 fully saturated rings. The van der Waals surface area contributed by atoms with Gasteiger partial charge in [-0.15, -0.1) is 0 Å². The summed E-state index contributed by atoms with van der Waals surface area (Å²) in [5.74, 6) is 0.504. The van der Waals surface area contributed by atoms with E-state index in [1.165, 1.54) is 32.1 Å². The monoisotopic (exact) mass is 215 g/mol. The van der Waals surface area contributed by atoms with E-state index in [9.17, 15) is 0 Å². The van der Waals surface area contributed by atoms with Crippen molar-refractivity contribution in [1.29, 1.82) is 0 Å². The van der Waals surface area contributed by atoms with Crippen LogP contribution in [-0.4, -0.2) is 22.6 Å². The minimum absolute atomic E-state index is 0.128. The summed E-state index contributed by atoms with van der Waals surface area (Å²) in [6.07, 6.45) is 8.33. The maximum absolute atomic E-state index is 8.83. The molecule has 1 atom stereocenters.